The van der Waals surface area contributed by atoms with E-state index in [0.29, 0.717) is 0 Å². The second-order valence-electron chi connectivity index (χ2n) is 31.1. The summed E-state index contributed by atoms with van der Waals surface area (Å²) >= 11 is 0. The van der Waals surface area contributed by atoms with Crippen LogP contribution in [0.25, 0.3) is 21.9 Å². The quantitative estimate of drug-likeness (QED) is 0.160. The highest BCUT2D eigenvalue weighted by Gasteiger charge is 2.49. The molecular formula is C77H86BN3O. The molecule has 4 nitrogen and oxygen atoms in total. The van der Waals surface area contributed by atoms with Gasteiger partial charge in [0.25, 0.3) is 6.71 Å². The van der Waals surface area contributed by atoms with Gasteiger partial charge in [-0.15, -0.1) is 0 Å². The van der Waals surface area contributed by atoms with Crippen molar-refractivity contribution in [1.82, 2.24) is 0 Å². The van der Waals surface area contributed by atoms with Crippen molar-refractivity contribution in [3.8, 4) is 0 Å². The van der Waals surface area contributed by atoms with Crippen LogP contribution in [0.1, 0.15) is 187 Å². The minimum atomic E-state index is -0.0597. The van der Waals surface area contributed by atoms with Gasteiger partial charge in [-0.05, 0) is 216 Å². The summed E-state index contributed by atoms with van der Waals surface area (Å²) in [5.74, 6) is 0. The Balaban J connectivity index is 1.14. The molecule has 5 heteroatoms. The van der Waals surface area contributed by atoms with Gasteiger partial charge >= 0.3 is 0 Å². The molecule has 4 aliphatic rings. The Morgan fingerprint density at radius 1 is 0.427 bits per heavy atom. The molecule has 0 atom stereocenters. The Labute approximate surface area is 491 Å². The summed E-state index contributed by atoms with van der Waals surface area (Å²) in [6, 6.07) is 55.1. The van der Waals surface area contributed by atoms with Crippen LogP contribution in [0.3, 0.4) is 0 Å². The van der Waals surface area contributed by atoms with E-state index in [1.54, 1.807) is 0 Å². The van der Waals surface area contributed by atoms with Crippen LogP contribution in [0.5, 0.6) is 0 Å². The van der Waals surface area contributed by atoms with Crippen LogP contribution in [0, 0.1) is 13.8 Å². The zero-order chi connectivity index (χ0) is 58.3. The molecule has 0 saturated heterocycles. The van der Waals surface area contributed by atoms with Crippen molar-refractivity contribution < 1.29 is 4.42 Å². The number of furan rings is 1. The molecule has 2 aliphatic heterocycles. The average Bonchev–Trinajstić information content (AvgIpc) is 1.91. The summed E-state index contributed by atoms with van der Waals surface area (Å²) < 4.78 is 6.99. The van der Waals surface area contributed by atoms with Gasteiger partial charge in [-0.25, -0.2) is 0 Å². The molecule has 3 heterocycles. The third-order valence-corrected chi connectivity index (χ3v) is 19.9. The monoisotopic (exact) mass is 1080 g/mol. The lowest BCUT2D eigenvalue weighted by atomic mass is 9.33. The number of rotatable bonds is 5. The highest BCUT2D eigenvalue weighted by atomic mass is 16.3. The third-order valence-electron chi connectivity index (χ3n) is 19.9. The molecule has 8 aromatic carbocycles. The van der Waals surface area contributed by atoms with Crippen LogP contribution in [-0.4, -0.2) is 6.71 Å². The predicted molar refractivity (Wildman–Crippen MR) is 354 cm³/mol. The van der Waals surface area contributed by atoms with E-state index in [1.807, 2.05) is 0 Å². The summed E-state index contributed by atoms with van der Waals surface area (Å²) in [6.45, 7) is 45.1. The normalized spacial score (nSPS) is 17.4. The lowest BCUT2D eigenvalue weighted by Crippen LogP contribution is -2.61. The number of hydrogen-bond donors (Lipinski definition) is 0. The van der Waals surface area contributed by atoms with Gasteiger partial charge in [0.1, 0.15) is 11.2 Å². The zero-order valence-electron chi connectivity index (χ0n) is 52.7. The molecule has 0 radical (unpaired) electrons. The standard InChI is InChI=1S/C77H86BN3O/c1-46-37-65-70-66(38-46)81(62-43-57-55(39-47(62)2)74(12,13)35-36-75(57,14)15)64-44-58-56(76(16,17)45-77(58,18)19)42-60(64)78(70)59-34-32-53(79(51-28-23-48(24-29-51)71(3,4)5)52-30-25-49(26-31-52)72(6,7)8)41-63(59)80(65)61-21-20-22-67-69(61)54-33-27-50(73(9,10)11)40-68(54)82-67/h20-34,37-44H,35-36,45H2,1-19H3. The number of anilines is 9. The van der Waals surface area contributed by atoms with E-state index < -0.39 is 0 Å². The molecule has 82 heavy (non-hydrogen) atoms. The van der Waals surface area contributed by atoms with Crippen LogP contribution >= 0.6 is 0 Å². The first-order chi connectivity index (χ1) is 38.3. The topological polar surface area (TPSA) is 22.9 Å². The van der Waals surface area contributed by atoms with E-state index in [9.17, 15) is 0 Å². The average molecular weight is 1080 g/mol. The lowest BCUT2D eigenvalue weighted by molar-refractivity contribution is 0.332. The maximum atomic E-state index is 6.99. The first-order valence-electron chi connectivity index (χ1n) is 30.5. The van der Waals surface area contributed by atoms with Gasteiger partial charge in [-0.2, -0.15) is 0 Å². The summed E-state index contributed by atoms with van der Waals surface area (Å²) in [5, 5.41) is 2.25. The summed E-state index contributed by atoms with van der Waals surface area (Å²) in [6.07, 6.45) is 3.44. The van der Waals surface area contributed by atoms with E-state index in [-0.39, 0.29) is 44.6 Å². The van der Waals surface area contributed by atoms with E-state index >= 15 is 0 Å². The number of aryl methyl sites for hydroxylation is 2. The third kappa shape index (κ3) is 8.43. The van der Waals surface area contributed by atoms with Gasteiger partial charge < -0.3 is 19.1 Å². The molecule has 0 N–H and O–H groups in total. The fourth-order valence-corrected chi connectivity index (χ4v) is 15.3. The van der Waals surface area contributed by atoms with Gasteiger partial charge in [0.15, 0.2) is 0 Å². The van der Waals surface area contributed by atoms with Gasteiger partial charge in [-0.1, -0.05) is 178 Å². The minimum Gasteiger partial charge on any atom is -0.456 e. The van der Waals surface area contributed by atoms with Crippen molar-refractivity contribution in [2.24, 2.45) is 0 Å². The first-order valence-corrected chi connectivity index (χ1v) is 30.5. The molecule has 0 saturated carbocycles. The van der Waals surface area contributed by atoms with E-state index in [2.05, 4.69) is 286 Å². The fourth-order valence-electron chi connectivity index (χ4n) is 15.3. The molecule has 2 aliphatic carbocycles. The van der Waals surface area contributed by atoms with Crippen LogP contribution in [0.15, 0.2) is 144 Å². The highest BCUT2D eigenvalue weighted by Crippen LogP contribution is 2.56. The Hall–Kier alpha value is -6.98. The molecule has 0 fully saturated rings. The maximum Gasteiger partial charge on any atom is 0.252 e. The molecule has 0 amide bonds. The number of fused-ring (bicyclic) bond motifs is 9. The summed E-state index contributed by atoms with van der Waals surface area (Å²) in [4.78, 5) is 7.83. The molecule has 0 bridgehead atoms. The predicted octanol–water partition coefficient (Wildman–Crippen LogP) is 20.0. The largest absolute Gasteiger partial charge is 0.456 e. The van der Waals surface area contributed by atoms with Crippen molar-refractivity contribution in [1.29, 1.82) is 0 Å². The van der Waals surface area contributed by atoms with Crippen LogP contribution < -0.4 is 31.1 Å². The molecule has 9 aromatic rings. The smallest absolute Gasteiger partial charge is 0.252 e. The first kappa shape index (κ1) is 54.3. The molecular weight excluding hydrogens is 994 g/mol. The molecule has 0 unspecified atom stereocenters. The molecule has 418 valence electrons. The van der Waals surface area contributed by atoms with E-state index in [0.717, 1.165) is 57.5 Å². The van der Waals surface area contributed by atoms with E-state index in [4.69, 9.17) is 4.42 Å². The summed E-state index contributed by atoms with van der Waals surface area (Å²) in [5.41, 5.74) is 29.0. The van der Waals surface area contributed by atoms with Crippen molar-refractivity contribution in [2.75, 3.05) is 14.7 Å². The molecule has 0 spiro atoms. The number of hydrogen-bond acceptors (Lipinski definition) is 4. The highest BCUT2D eigenvalue weighted by molar-refractivity contribution is 7.00. The van der Waals surface area contributed by atoms with Crippen LogP contribution in [0.2, 0.25) is 0 Å². The van der Waals surface area contributed by atoms with Crippen LogP contribution in [-0.2, 0) is 37.9 Å². The fraction of sp³-hybridized carbons (Fsp3) is 0.377. The van der Waals surface area contributed by atoms with Gasteiger partial charge in [-0.3, -0.25) is 0 Å². The Bertz CT molecular complexity index is 4050. The van der Waals surface area contributed by atoms with Crippen molar-refractivity contribution >= 4 is 96.2 Å². The lowest BCUT2D eigenvalue weighted by Gasteiger charge is -2.46. The SMILES string of the molecule is Cc1cc2c3c(c1)N(c1cccc4oc5cc(C(C)(C)C)ccc5c14)c1cc(N(c4ccc(C(C)(C)C)cc4)c4ccc(C(C)(C)C)cc4)ccc1B3c1cc3c(cc1N2c1cc2c(cc1C)C(C)(C)CCC2(C)C)C(C)(C)CC3(C)C. The molecule has 1 aromatic heterocycles. The van der Waals surface area contributed by atoms with Crippen molar-refractivity contribution in [3.63, 3.8) is 0 Å². The van der Waals surface area contributed by atoms with Gasteiger partial charge in [0.05, 0.1) is 11.1 Å². The minimum absolute atomic E-state index is 0.00374. The number of benzene rings is 8. The second kappa shape index (κ2) is 17.8. The number of nitrogens with zero attached hydrogens (tertiary/aromatic N) is 3. The Morgan fingerprint density at radius 2 is 0.915 bits per heavy atom. The van der Waals surface area contributed by atoms with Gasteiger partial charge in [0, 0.05) is 50.9 Å². The van der Waals surface area contributed by atoms with Crippen LogP contribution in [0.4, 0.5) is 51.2 Å². The van der Waals surface area contributed by atoms with Gasteiger partial charge in [0.2, 0.25) is 0 Å². The summed E-state index contributed by atoms with van der Waals surface area (Å²) in [7, 11) is 0. The Morgan fingerprint density at radius 3 is 1.49 bits per heavy atom. The van der Waals surface area contributed by atoms with Crippen molar-refractivity contribution in [2.45, 2.75) is 189 Å². The zero-order valence-corrected chi connectivity index (χ0v) is 52.7. The van der Waals surface area contributed by atoms with E-state index in [1.165, 1.54) is 101 Å². The maximum absolute atomic E-state index is 6.99. The Kier molecular flexibility index (Phi) is 11.8. The molecule has 13 rings (SSSR count). The van der Waals surface area contributed by atoms with Crippen molar-refractivity contribution in [3.05, 3.63) is 190 Å². The second-order valence-corrected chi connectivity index (χ2v) is 31.1.